The Hall–Kier alpha value is -3.72. The van der Waals surface area contributed by atoms with E-state index < -0.39 is 17.7 Å². The van der Waals surface area contributed by atoms with Crippen molar-refractivity contribution in [1.82, 2.24) is 15.3 Å². The third kappa shape index (κ3) is 5.60. The summed E-state index contributed by atoms with van der Waals surface area (Å²) in [5, 5.41) is 5.81. The highest BCUT2D eigenvalue weighted by Crippen LogP contribution is 2.28. The van der Waals surface area contributed by atoms with Crippen molar-refractivity contribution < 1.29 is 23.5 Å². The largest absolute Gasteiger partial charge is 0.422 e. The summed E-state index contributed by atoms with van der Waals surface area (Å²) in [7, 11) is 0. The summed E-state index contributed by atoms with van der Waals surface area (Å²) in [5.74, 6) is -1.88. The summed E-state index contributed by atoms with van der Waals surface area (Å²) in [6.45, 7) is 0. The Kier molecular flexibility index (Phi) is 7.22. The number of halogens is 2. The van der Waals surface area contributed by atoms with Crippen LogP contribution in [-0.4, -0.2) is 33.8 Å². The van der Waals surface area contributed by atoms with Crippen LogP contribution in [0.5, 0.6) is 5.75 Å². The lowest BCUT2D eigenvalue weighted by Crippen LogP contribution is -2.40. The number of rotatable bonds is 6. The zero-order valence-electron chi connectivity index (χ0n) is 18.0. The van der Waals surface area contributed by atoms with E-state index >= 15 is 0 Å². The molecule has 0 atom stereocenters. The summed E-state index contributed by atoms with van der Waals surface area (Å²) in [4.78, 5) is 44.4. The molecule has 2 amide bonds. The fraction of sp³-hybridized carbons (Fsp3) is 0.250. The zero-order valence-corrected chi connectivity index (χ0v) is 18.8. The number of benzene rings is 2. The standard InChI is InChI=1S/C24H22ClFN4O4/c25-18-11-8-15(26)12-19(18)30-22(31)14-6-9-16(10-7-14)29-23(32)20-21(28-13-27-20)24(33)34-17-4-2-1-3-5-17/h1-5,8,11-14,16H,6-7,9-10H2,(H,27,28)(H,29,32)(H,30,31). The number of ether oxygens (including phenoxy) is 1. The number of H-pyrrole nitrogens is 1. The third-order valence-electron chi connectivity index (χ3n) is 5.63. The normalized spacial score (nSPS) is 17.6. The number of hydrogen-bond acceptors (Lipinski definition) is 5. The molecular formula is C24H22ClFN4O4. The predicted molar refractivity (Wildman–Crippen MR) is 123 cm³/mol. The highest BCUT2D eigenvalue weighted by atomic mass is 35.5. The number of nitrogens with zero attached hydrogens (tertiary/aromatic N) is 1. The van der Waals surface area contributed by atoms with Crippen molar-refractivity contribution in [3.8, 4) is 5.75 Å². The molecule has 10 heteroatoms. The van der Waals surface area contributed by atoms with Crippen LogP contribution in [0.15, 0.2) is 54.9 Å². The molecule has 8 nitrogen and oxygen atoms in total. The van der Waals surface area contributed by atoms with Gasteiger partial charge < -0.3 is 20.4 Å². The number of nitrogens with one attached hydrogen (secondary N) is 3. The first kappa shape index (κ1) is 23.4. The molecule has 1 saturated carbocycles. The molecule has 1 aromatic heterocycles. The molecule has 176 valence electrons. The maximum Gasteiger partial charge on any atom is 0.362 e. The molecule has 0 radical (unpaired) electrons. The molecule has 2 aromatic carbocycles. The third-order valence-corrected chi connectivity index (χ3v) is 5.96. The van der Waals surface area contributed by atoms with Crippen molar-refractivity contribution in [1.29, 1.82) is 0 Å². The molecule has 0 aliphatic heterocycles. The average molecular weight is 485 g/mol. The Bertz CT molecular complexity index is 1190. The predicted octanol–water partition coefficient (Wildman–Crippen LogP) is 4.35. The van der Waals surface area contributed by atoms with Gasteiger partial charge in [-0.3, -0.25) is 9.59 Å². The summed E-state index contributed by atoms with van der Waals surface area (Å²) in [6, 6.07) is 12.1. The van der Waals surface area contributed by atoms with Crippen LogP contribution >= 0.6 is 11.6 Å². The second kappa shape index (κ2) is 10.5. The maximum absolute atomic E-state index is 13.4. The Morgan fingerprint density at radius 2 is 1.79 bits per heavy atom. The number of amides is 2. The summed E-state index contributed by atoms with van der Waals surface area (Å²) < 4.78 is 18.7. The van der Waals surface area contributed by atoms with Gasteiger partial charge in [0.1, 0.15) is 11.6 Å². The summed E-state index contributed by atoms with van der Waals surface area (Å²) in [5.41, 5.74) is 0.137. The average Bonchev–Trinajstić information content (AvgIpc) is 3.33. The minimum Gasteiger partial charge on any atom is -0.422 e. The van der Waals surface area contributed by atoms with Gasteiger partial charge in [-0.1, -0.05) is 29.8 Å². The number of hydrogen-bond donors (Lipinski definition) is 3. The van der Waals surface area contributed by atoms with Crippen molar-refractivity contribution >= 4 is 35.1 Å². The quantitative estimate of drug-likeness (QED) is 0.355. The Labute approximate surface area is 199 Å². The van der Waals surface area contributed by atoms with E-state index in [0.717, 1.165) is 0 Å². The van der Waals surface area contributed by atoms with Crippen molar-refractivity contribution in [3.05, 3.63) is 77.1 Å². The minimum atomic E-state index is -0.717. The van der Waals surface area contributed by atoms with Gasteiger partial charge in [0, 0.05) is 12.0 Å². The second-order valence-electron chi connectivity index (χ2n) is 7.96. The molecule has 3 aromatic rings. The molecule has 34 heavy (non-hydrogen) atoms. The molecule has 1 aliphatic carbocycles. The van der Waals surface area contributed by atoms with Gasteiger partial charge in [-0.25, -0.2) is 14.2 Å². The highest BCUT2D eigenvalue weighted by Gasteiger charge is 2.29. The van der Waals surface area contributed by atoms with E-state index in [0.29, 0.717) is 31.4 Å². The van der Waals surface area contributed by atoms with E-state index in [1.165, 1.54) is 24.5 Å². The van der Waals surface area contributed by atoms with E-state index in [1.54, 1.807) is 30.3 Å². The van der Waals surface area contributed by atoms with E-state index in [9.17, 15) is 18.8 Å². The maximum atomic E-state index is 13.4. The van der Waals surface area contributed by atoms with E-state index in [2.05, 4.69) is 20.6 Å². The van der Waals surface area contributed by atoms with E-state index in [1.807, 2.05) is 0 Å². The summed E-state index contributed by atoms with van der Waals surface area (Å²) in [6.07, 6.45) is 3.46. The molecule has 0 saturated heterocycles. The molecule has 3 N–H and O–H groups in total. The number of carbonyl (C=O) groups is 3. The molecule has 0 bridgehead atoms. The van der Waals surface area contributed by atoms with Crippen LogP contribution in [0.1, 0.15) is 46.7 Å². The van der Waals surface area contributed by atoms with Gasteiger partial charge in [0.05, 0.1) is 17.0 Å². The van der Waals surface area contributed by atoms with Gasteiger partial charge >= 0.3 is 5.97 Å². The van der Waals surface area contributed by atoms with Gasteiger partial charge in [0.15, 0.2) is 11.4 Å². The van der Waals surface area contributed by atoms with Crippen LogP contribution in [0.25, 0.3) is 0 Å². The van der Waals surface area contributed by atoms with E-state index in [-0.39, 0.29) is 40.0 Å². The van der Waals surface area contributed by atoms with Crippen LogP contribution in [-0.2, 0) is 4.79 Å². The van der Waals surface area contributed by atoms with Crippen LogP contribution in [0, 0.1) is 11.7 Å². The first-order valence-corrected chi connectivity index (χ1v) is 11.2. The summed E-state index contributed by atoms with van der Waals surface area (Å²) >= 11 is 6.02. The zero-order chi connectivity index (χ0) is 24.1. The number of imidazole rings is 1. The lowest BCUT2D eigenvalue weighted by molar-refractivity contribution is -0.120. The molecule has 0 unspecified atom stereocenters. The fourth-order valence-electron chi connectivity index (χ4n) is 3.85. The lowest BCUT2D eigenvalue weighted by Gasteiger charge is -2.28. The number of carbonyl (C=O) groups excluding carboxylic acids is 3. The Balaban J connectivity index is 1.30. The lowest BCUT2D eigenvalue weighted by atomic mass is 9.85. The number of aromatic nitrogens is 2. The number of esters is 1. The fourth-order valence-corrected chi connectivity index (χ4v) is 4.02. The first-order chi connectivity index (χ1) is 16.4. The minimum absolute atomic E-state index is 0.0404. The molecule has 1 fully saturated rings. The number of para-hydroxylation sites is 1. The Morgan fingerprint density at radius 3 is 2.53 bits per heavy atom. The van der Waals surface area contributed by atoms with Crippen LogP contribution in [0.4, 0.5) is 10.1 Å². The topological polar surface area (TPSA) is 113 Å². The van der Waals surface area contributed by atoms with Crippen LogP contribution in [0.2, 0.25) is 5.02 Å². The SMILES string of the molecule is O=C(NC1CCC(C(=O)Nc2cc(F)ccc2Cl)CC1)c1nc[nH]c1C(=O)Oc1ccccc1. The van der Waals surface area contributed by atoms with Crippen molar-refractivity contribution in [2.24, 2.45) is 5.92 Å². The molecular weight excluding hydrogens is 463 g/mol. The number of anilines is 1. The van der Waals surface area contributed by atoms with Crippen LogP contribution < -0.4 is 15.4 Å². The second-order valence-corrected chi connectivity index (χ2v) is 8.37. The smallest absolute Gasteiger partial charge is 0.362 e. The monoisotopic (exact) mass is 484 g/mol. The van der Waals surface area contributed by atoms with Gasteiger partial charge in [0.2, 0.25) is 5.91 Å². The number of aromatic amines is 1. The Morgan fingerprint density at radius 1 is 1.06 bits per heavy atom. The first-order valence-electron chi connectivity index (χ1n) is 10.8. The van der Waals surface area contributed by atoms with Gasteiger partial charge in [-0.2, -0.15) is 0 Å². The molecule has 4 rings (SSSR count). The van der Waals surface area contributed by atoms with Crippen LogP contribution in [0.3, 0.4) is 0 Å². The van der Waals surface area contributed by atoms with Gasteiger partial charge in [-0.05, 0) is 56.0 Å². The van der Waals surface area contributed by atoms with Gasteiger partial charge in [-0.15, -0.1) is 0 Å². The highest BCUT2D eigenvalue weighted by molar-refractivity contribution is 6.33. The van der Waals surface area contributed by atoms with Crippen molar-refractivity contribution in [2.75, 3.05) is 5.32 Å². The van der Waals surface area contributed by atoms with Gasteiger partial charge in [0.25, 0.3) is 5.91 Å². The van der Waals surface area contributed by atoms with E-state index in [4.69, 9.17) is 16.3 Å². The van der Waals surface area contributed by atoms with Crippen molar-refractivity contribution in [2.45, 2.75) is 31.7 Å². The molecule has 1 aliphatic rings. The molecule has 1 heterocycles. The molecule has 0 spiro atoms. The van der Waals surface area contributed by atoms with Crippen molar-refractivity contribution in [3.63, 3.8) is 0 Å².